The van der Waals surface area contributed by atoms with Crippen molar-refractivity contribution in [2.24, 2.45) is 7.05 Å². The van der Waals surface area contributed by atoms with E-state index in [2.05, 4.69) is 20.2 Å². The molecule has 0 fully saturated rings. The normalized spacial score (nSPS) is 13.5. The highest BCUT2D eigenvalue weighted by atomic mass is 15.4. The smallest absolute Gasteiger partial charge is 0.147 e. The molecule has 3 rings (SSSR count). The Morgan fingerprint density at radius 3 is 3.00 bits per heavy atom. The fraction of sp³-hybridized carbons (Fsp3) is 0.300. The molecule has 0 saturated carbocycles. The van der Waals surface area contributed by atoms with Crippen LogP contribution in [0.4, 0.5) is 11.5 Å². The van der Waals surface area contributed by atoms with Gasteiger partial charge in [-0.2, -0.15) is 0 Å². The van der Waals surface area contributed by atoms with Crippen LogP contribution in [0.2, 0.25) is 0 Å². The molecule has 0 aliphatic carbocycles. The Morgan fingerprint density at radius 1 is 1.38 bits per heavy atom. The van der Waals surface area contributed by atoms with Gasteiger partial charge in [-0.25, -0.2) is 9.67 Å². The van der Waals surface area contributed by atoms with Gasteiger partial charge in [0.05, 0.1) is 17.9 Å². The molecule has 2 N–H and O–H groups in total. The molecular formula is C10H12N6. The number of nitrogens with zero attached hydrogens (tertiary/aromatic N) is 5. The van der Waals surface area contributed by atoms with E-state index >= 15 is 0 Å². The molecule has 6 nitrogen and oxygen atoms in total. The molecule has 0 amide bonds. The van der Waals surface area contributed by atoms with Gasteiger partial charge >= 0.3 is 0 Å². The van der Waals surface area contributed by atoms with Crippen LogP contribution in [0.5, 0.6) is 0 Å². The van der Waals surface area contributed by atoms with Crippen molar-refractivity contribution in [3.05, 3.63) is 18.0 Å². The first kappa shape index (κ1) is 9.14. The third kappa shape index (κ3) is 1.04. The fourth-order valence-electron chi connectivity index (χ4n) is 2.13. The third-order valence-corrected chi connectivity index (χ3v) is 2.92. The molecule has 0 saturated heterocycles. The van der Waals surface area contributed by atoms with Crippen molar-refractivity contribution in [1.29, 1.82) is 0 Å². The van der Waals surface area contributed by atoms with Crippen LogP contribution >= 0.6 is 0 Å². The zero-order chi connectivity index (χ0) is 11.3. The van der Waals surface area contributed by atoms with E-state index in [0.717, 1.165) is 29.2 Å². The van der Waals surface area contributed by atoms with Crippen LogP contribution in [0.25, 0.3) is 11.3 Å². The summed E-state index contributed by atoms with van der Waals surface area (Å²) in [6.07, 6.45) is 1.70. The van der Waals surface area contributed by atoms with Gasteiger partial charge in [0.1, 0.15) is 11.5 Å². The molecule has 0 radical (unpaired) electrons. The summed E-state index contributed by atoms with van der Waals surface area (Å²) in [6, 6.07) is 1.93. The maximum atomic E-state index is 5.89. The van der Waals surface area contributed by atoms with Gasteiger partial charge in [0.15, 0.2) is 0 Å². The fourth-order valence-corrected chi connectivity index (χ4v) is 2.13. The Hall–Kier alpha value is -2.11. The molecule has 2 aromatic heterocycles. The Morgan fingerprint density at radius 2 is 2.19 bits per heavy atom. The quantitative estimate of drug-likeness (QED) is 0.690. The summed E-state index contributed by atoms with van der Waals surface area (Å²) in [6.45, 7) is 0.752. The number of pyridine rings is 1. The lowest BCUT2D eigenvalue weighted by atomic mass is 10.0. The Kier molecular flexibility index (Phi) is 1.68. The lowest BCUT2D eigenvalue weighted by molar-refractivity contribution is 0.670. The topological polar surface area (TPSA) is 72.9 Å². The van der Waals surface area contributed by atoms with E-state index in [9.17, 15) is 0 Å². The second kappa shape index (κ2) is 2.94. The maximum Gasteiger partial charge on any atom is 0.147 e. The van der Waals surface area contributed by atoms with E-state index in [1.807, 2.05) is 20.2 Å². The summed E-state index contributed by atoms with van der Waals surface area (Å²) >= 11 is 0. The average Bonchev–Trinajstić information content (AvgIpc) is 2.61. The zero-order valence-corrected chi connectivity index (χ0v) is 9.18. The lowest BCUT2D eigenvalue weighted by Crippen LogP contribution is -2.24. The van der Waals surface area contributed by atoms with Gasteiger partial charge in [0.25, 0.3) is 0 Å². The molecule has 3 heterocycles. The van der Waals surface area contributed by atoms with Crippen molar-refractivity contribution in [3.8, 4) is 11.3 Å². The van der Waals surface area contributed by atoms with Crippen LogP contribution in [0.1, 0.15) is 5.69 Å². The second-order valence-electron chi connectivity index (χ2n) is 3.96. The molecule has 0 atom stereocenters. The maximum absolute atomic E-state index is 5.89. The van der Waals surface area contributed by atoms with Crippen molar-refractivity contribution in [1.82, 2.24) is 20.0 Å². The largest absolute Gasteiger partial charge is 0.382 e. The van der Waals surface area contributed by atoms with Gasteiger partial charge in [-0.05, 0) is 6.07 Å². The zero-order valence-electron chi connectivity index (χ0n) is 9.18. The molecule has 82 valence electrons. The highest BCUT2D eigenvalue weighted by molar-refractivity contribution is 5.86. The molecule has 0 unspecified atom stereocenters. The standard InChI is InChI=1S/C10H12N6/c1-15-5-7-8(13-14-16(7)2)6-3-4-12-10(11)9(6)15/h3-4H,5H2,1-2H3,(H2,11,12). The van der Waals surface area contributed by atoms with E-state index in [1.54, 1.807) is 10.9 Å². The van der Waals surface area contributed by atoms with Gasteiger partial charge in [0, 0.05) is 25.9 Å². The van der Waals surface area contributed by atoms with E-state index < -0.39 is 0 Å². The summed E-state index contributed by atoms with van der Waals surface area (Å²) in [5, 5.41) is 8.22. The minimum Gasteiger partial charge on any atom is -0.382 e. The molecule has 16 heavy (non-hydrogen) atoms. The molecule has 6 heteroatoms. The van der Waals surface area contributed by atoms with E-state index in [1.165, 1.54) is 0 Å². The van der Waals surface area contributed by atoms with Crippen molar-refractivity contribution >= 4 is 11.5 Å². The number of fused-ring (bicyclic) bond motifs is 3. The average molecular weight is 216 g/mol. The number of anilines is 2. The summed E-state index contributed by atoms with van der Waals surface area (Å²) in [5.74, 6) is 0.538. The van der Waals surface area contributed by atoms with Crippen molar-refractivity contribution in [3.63, 3.8) is 0 Å². The van der Waals surface area contributed by atoms with Gasteiger partial charge < -0.3 is 10.6 Å². The highest BCUT2D eigenvalue weighted by Crippen LogP contribution is 2.39. The molecule has 0 bridgehead atoms. The molecule has 0 spiro atoms. The number of hydrogen-bond donors (Lipinski definition) is 1. The lowest BCUT2D eigenvalue weighted by Gasteiger charge is -2.27. The second-order valence-corrected chi connectivity index (χ2v) is 3.96. The number of aryl methyl sites for hydroxylation is 1. The Balaban J connectivity index is 2.33. The molecule has 1 aliphatic heterocycles. The first-order valence-electron chi connectivity index (χ1n) is 5.03. The predicted octanol–water partition coefficient (Wildman–Crippen LogP) is 0.409. The van der Waals surface area contributed by atoms with Gasteiger partial charge in [-0.1, -0.05) is 5.21 Å². The number of nitrogens with two attached hydrogens (primary N) is 1. The van der Waals surface area contributed by atoms with Crippen LogP contribution in [-0.4, -0.2) is 27.0 Å². The summed E-state index contributed by atoms with van der Waals surface area (Å²) in [4.78, 5) is 6.18. The summed E-state index contributed by atoms with van der Waals surface area (Å²) in [7, 11) is 3.89. The molecule has 1 aliphatic rings. The van der Waals surface area contributed by atoms with E-state index in [-0.39, 0.29) is 0 Å². The number of aromatic nitrogens is 4. The van der Waals surface area contributed by atoms with Crippen molar-refractivity contribution in [2.75, 3.05) is 17.7 Å². The van der Waals surface area contributed by atoms with Crippen molar-refractivity contribution in [2.45, 2.75) is 6.54 Å². The van der Waals surface area contributed by atoms with Crippen LogP contribution in [0.3, 0.4) is 0 Å². The minimum atomic E-state index is 0.538. The van der Waals surface area contributed by atoms with Crippen LogP contribution in [0.15, 0.2) is 12.3 Å². The third-order valence-electron chi connectivity index (χ3n) is 2.92. The number of rotatable bonds is 0. The van der Waals surface area contributed by atoms with Crippen LogP contribution in [-0.2, 0) is 13.6 Å². The molecule has 2 aromatic rings. The van der Waals surface area contributed by atoms with Gasteiger partial charge in [0.2, 0.25) is 0 Å². The summed E-state index contributed by atoms with van der Waals surface area (Å²) < 4.78 is 1.80. The number of nitrogen functional groups attached to an aromatic ring is 1. The first-order chi connectivity index (χ1) is 7.68. The van der Waals surface area contributed by atoms with E-state index in [0.29, 0.717) is 5.82 Å². The first-order valence-corrected chi connectivity index (χ1v) is 5.03. The molecular weight excluding hydrogens is 204 g/mol. The van der Waals surface area contributed by atoms with Crippen molar-refractivity contribution < 1.29 is 0 Å². The minimum absolute atomic E-state index is 0.538. The van der Waals surface area contributed by atoms with E-state index in [4.69, 9.17) is 5.73 Å². The summed E-state index contributed by atoms with van der Waals surface area (Å²) in [5.41, 5.74) is 9.84. The van der Waals surface area contributed by atoms with Crippen LogP contribution in [0, 0.1) is 0 Å². The predicted molar refractivity (Wildman–Crippen MR) is 60.8 cm³/mol. The van der Waals surface area contributed by atoms with Gasteiger partial charge in [-0.15, -0.1) is 5.10 Å². The van der Waals surface area contributed by atoms with Crippen LogP contribution < -0.4 is 10.6 Å². The number of hydrogen-bond acceptors (Lipinski definition) is 5. The highest BCUT2D eigenvalue weighted by Gasteiger charge is 2.26. The Bertz CT molecular complexity index is 558. The SMILES string of the molecule is CN1Cc2c(nnn2C)-c2ccnc(N)c21. The monoisotopic (exact) mass is 216 g/mol. The molecule has 0 aromatic carbocycles. The Labute approximate surface area is 92.7 Å². The van der Waals surface area contributed by atoms with Gasteiger partial charge in [-0.3, -0.25) is 0 Å².